The molecule has 7 heteroatoms. The van der Waals surface area contributed by atoms with E-state index in [1.54, 1.807) is 6.07 Å². The Labute approximate surface area is 143 Å². The molecule has 1 aliphatic carbocycles. The van der Waals surface area contributed by atoms with Crippen LogP contribution in [-0.4, -0.2) is 14.5 Å². The molecule has 4 rings (SSSR count). The van der Waals surface area contributed by atoms with Crippen LogP contribution in [-0.2, 0) is 7.05 Å². The van der Waals surface area contributed by atoms with Crippen LogP contribution >= 0.6 is 0 Å². The molecule has 1 aromatic heterocycles. The number of nitrogens with one attached hydrogen (secondary N) is 1. The fourth-order valence-corrected chi connectivity index (χ4v) is 3.01. The summed E-state index contributed by atoms with van der Waals surface area (Å²) in [7, 11) is 2.03. The van der Waals surface area contributed by atoms with Gasteiger partial charge in [-0.05, 0) is 37.1 Å². The van der Waals surface area contributed by atoms with Gasteiger partial charge >= 0.3 is 0 Å². The number of rotatable bonds is 4. The summed E-state index contributed by atoms with van der Waals surface area (Å²) in [5, 5.41) is 23.3. The second-order valence-electron chi connectivity index (χ2n) is 6.23. The molecule has 0 unspecified atom stereocenters. The van der Waals surface area contributed by atoms with Gasteiger partial charge in [0.1, 0.15) is 11.9 Å². The largest absolute Gasteiger partial charge is 0.354 e. The van der Waals surface area contributed by atoms with E-state index in [-0.39, 0.29) is 11.3 Å². The lowest BCUT2D eigenvalue weighted by Crippen LogP contribution is -1.96. The molecular weight excluding hydrogens is 318 g/mol. The Bertz CT molecular complexity index is 1040. The molecule has 0 saturated heterocycles. The summed E-state index contributed by atoms with van der Waals surface area (Å²) in [6.07, 6.45) is 2.38. The second kappa shape index (κ2) is 5.60. The van der Waals surface area contributed by atoms with Crippen LogP contribution in [0.5, 0.6) is 0 Å². The van der Waals surface area contributed by atoms with E-state index >= 15 is 0 Å². The van der Waals surface area contributed by atoms with Crippen molar-refractivity contribution < 1.29 is 4.92 Å². The maximum Gasteiger partial charge on any atom is 0.270 e. The number of non-ortho nitro benzene ring substituents is 1. The minimum Gasteiger partial charge on any atom is -0.354 e. The molecule has 124 valence electrons. The lowest BCUT2D eigenvalue weighted by molar-refractivity contribution is -0.384. The minimum absolute atomic E-state index is 0.101. The van der Waals surface area contributed by atoms with Gasteiger partial charge < -0.3 is 9.88 Å². The number of nitriles is 1. The number of fused-ring (bicyclic) bond motifs is 1. The number of nitro groups is 1. The third kappa shape index (κ3) is 2.68. The van der Waals surface area contributed by atoms with Gasteiger partial charge in [0.05, 0.1) is 27.2 Å². The number of hydrogen-bond donors (Lipinski definition) is 1. The van der Waals surface area contributed by atoms with Crippen molar-refractivity contribution in [2.75, 3.05) is 5.32 Å². The smallest absolute Gasteiger partial charge is 0.270 e. The van der Waals surface area contributed by atoms with Gasteiger partial charge in [-0.25, -0.2) is 4.98 Å². The number of aromatic nitrogens is 2. The van der Waals surface area contributed by atoms with Crippen molar-refractivity contribution in [3.8, 4) is 6.07 Å². The monoisotopic (exact) mass is 333 g/mol. The lowest BCUT2D eigenvalue weighted by atomic mass is 10.1. The predicted molar refractivity (Wildman–Crippen MR) is 93.8 cm³/mol. The first-order valence-corrected chi connectivity index (χ1v) is 7.99. The summed E-state index contributed by atoms with van der Waals surface area (Å²) >= 11 is 0. The topological polar surface area (TPSA) is 96.8 Å². The summed E-state index contributed by atoms with van der Waals surface area (Å²) in [5.41, 5.74) is 3.42. The van der Waals surface area contributed by atoms with Crippen LogP contribution in [0.3, 0.4) is 0 Å². The molecule has 1 heterocycles. The van der Waals surface area contributed by atoms with Crippen LogP contribution in [0.2, 0.25) is 0 Å². The molecule has 0 bridgehead atoms. The molecule has 0 amide bonds. The first-order valence-electron chi connectivity index (χ1n) is 7.99. The summed E-state index contributed by atoms with van der Waals surface area (Å²) in [5.74, 6) is 1.67. The SMILES string of the molecule is Cn1c(C2CC2)nc2cc(Nc3ccc([N+](=O)[O-])cc3C#N)ccc21. The first-order chi connectivity index (χ1) is 12.1. The second-order valence-corrected chi connectivity index (χ2v) is 6.23. The van der Waals surface area contributed by atoms with Gasteiger partial charge in [0, 0.05) is 30.8 Å². The summed E-state index contributed by atoms with van der Waals surface area (Å²) < 4.78 is 2.13. The van der Waals surface area contributed by atoms with Gasteiger partial charge in [0.2, 0.25) is 0 Å². The number of aryl methyl sites for hydroxylation is 1. The van der Waals surface area contributed by atoms with Gasteiger partial charge in [-0.2, -0.15) is 5.26 Å². The number of nitro benzene ring substituents is 1. The highest BCUT2D eigenvalue weighted by Gasteiger charge is 2.28. The first kappa shape index (κ1) is 15.1. The third-order valence-electron chi connectivity index (χ3n) is 4.47. The number of hydrogen-bond acceptors (Lipinski definition) is 5. The van der Waals surface area contributed by atoms with Crippen LogP contribution in [0.4, 0.5) is 17.1 Å². The molecule has 0 spiro atoms. The van der Waals surface area contributed by atoms with Crippen LogP contribution in [0.15, 0.2) is 36.4 Å². The zero-order valence-electron chi connectivity index (χ0n) is 13.6. The van der Waals surface area contributed by atoms with Crippen LogP contribution < -0.4 is 5.32 Å². The third-order valence-corrected chi connectivity index (χ3v) is 4.47. The van der Waals surface area contributed by atoms with Gasteiger partial charge in [-0.3, -0.25) is 10.1 Å². The molecule has 25 heavy (non-hydrogen) atoms. The van der Waals surface area contributed by atoms with Gasteiger partial charge in [-0.1, -0.05) is 0 Å². The maximum absolute atomic E-state index is 10.8. The fraction of sp³-hybridized carbons (Fsp3) is 0.222. The van der Waals surface area contributed by atoms with E-state index in [4.69, 9.17) is 4.98 Å². The molecule has 0 aliphatic heterocycles. The molecule has 1 aliphatic rings. The molecule has 1 N–H and O–H groups in total. The zero-order valence-corrected chi connectivity index (χ0v) is 13.6. The molecule has 7 nitrogen and oxygen atoms in total. The molecule has 1 fully saturated rings. The van der Waals surface area contributed by atoms with Crippen molar-refractivity contribution in [2.45, 2.75) is 18.8 Å². The van der Waals surface area contributed by atoms with E-state index in [2.05, 4.69) is 9.88 Å². The van der Waals surface area contributed by atoms with E-state index in [0.29, 0.717) is 11.6 Å². The molecule has 0 atom stereocenters. The number of benzene rings is 2. The van der Waals surface area contributed by atoms with E-state index in [9.17, 15) is 15.4 Å². The Morgan fingerprint density at radius 1 is 1.32 bits per heavy atom. The average molecular weight is 333 g/mol. The van der Waals surface area contributed by atoms with E-state index in [0.717, 1.165) is 22.5 Å². The minimum atomic E-state index is -0.510. The van der Waals surface area contributed by atoms with Crippen molar-refractivity contribution in [3.63, 3.8) is 0 Å². The quantitative estimate of drug-likeness (QED) is 0.575. The highest BCUT2D eigenvalue weighted by molar-refractivity contribution is 5.82. The normalized spacial score (nSPS) is 13.6. The highest BCUT2D eigenvalue weighted by atomic mass is 16.6. The summed E-state index contributed by atoms with van der Waals surface area (Å²) in [6.45, 7) is 0. The summed E-state index contributed by atoms with van der Waals surface area (Å²) in [4.78, 5) is 15.1. The lowest BCUT2D eigenvalue weighted by Gasteiger charge is -2.08. The van der Waals surface area contributed by atoms with Crippen molar-refractivity contribution >= 4 is 28.1 Å². The Balaban J connectivity index is 1.69. The zero-order chi connectivity index (χ0) is 17.6. The molecule has 0 radical (unpaired) electrons. The predicted octanol–water partition coefficient (Wildman–Crippen LogP) is 3.97. The van der Waals surface area contributed by atoms with Crippen molar-refractivity contribution in [3.05, 3.63) is 57.9 Å². The Kier molecular flexibility index (Phi) is 3.39. The average Bonchev–Trinajstić information content (AvgIpc) is 3.39. The molecule has 3 aromatic rings. The van der Waals surface area contributed by atoms with Crippen LogP contribution in [0.1, 0.15) is 30.1 Å². The molecular formula is C18H15N5O2. The molecule has 2 aromatic carbocycles. The van der Waals surface area contributed by atoms with E-state index < -0.39 is 4.92 Å². The number of imidazole rings is 1. The van der Waals surface area contributed by atoms with Crippen molar-refractivity contribution in [2.24, 2.45) is 7.05 Å². The van der Waals surface area contributed by atoms with Crippen molar-refractivity contribution in [1.29, 1.82) is 5.26 Å². The molecule has 1 saturated carbocycles. The van der Waals surface area contributed by atoms with Gasteiger partial charge in [0.25, 0.3) is 5.69 Å². The Morgan fingerprint density at radius 2 is 2.12 bits per heavy atom. The summed E-state index contributed by atoms with van der Waals surface area (Å²) in [6, 6.07) is 12.1. The van der Waals surface area contributed by atoms with Crippen LogP contribution in [0, 0.1) is 21.4 Å². The Morgan fingerprint density at radius 3 is 2.80 bits per heavy atom. The van der Waals surface area contributed by atoms with Gasteiger partial charge in [0.15, 0.2) is 0 Å². The highest BCUT2D eigenvalue weighted by Crippen LogP contribution is 2.40. The number of nitrogens with zero attached hydrogens (tertiary/aromatic N) is 4. The number of anilines is 2. The van der Waals surface area contributed by atoms with Gasteiger partial charge in [-0.15, -0.1) is 0 Å². The van der Waals surface area contributed by atoms with E-state index in [1.807, 2.05) is 31.3 Å². The van der Waals surface area contributed by atoms with E-state index in [1.165, 1.54) is 25.0 Å². The van der Waals surface area contributed by atoms with Crippen molar-refractivity contribution in [1.82, 2.24) is 9.55 Å². The van der Waals surface area contributed by atoms with Crippen LogP contribution in [0.25, 0.3) is 11.0 Å². The standard InChI is InChI=1S/C18H15N5O2/c1-22-17-7-4-13(9-16(17)21-18(22)11-2-3-11)20-15-6-5-14(23(24)25)8-12(15)10-19/h4-9,11,20H,2-3H2,1H3. The Hall–Kier alpha value is -3.40. The maximum atomic E-state index is 10.8. The fourth-order valence-electron chi connectivity index (χ4n) is 3.01.